The van der Waals surface area contributed by atoms with Crippen LogP contribution in [0.5, 0.6) is 0 Å². The Labute approximate surface area is 123 Å². The fourth-order valence-electron chi connectivity index (χ4n) is 1.14. The third kappa shape index (κ3) is 3.62. The summed E-state index contributed by atoms with van der Waals surface area (Å²) in [7, 11) is 0. The summed E-state index contributed by atoms with van der Waals surface area (Å²) in [5.74, 6) is 0.0307. The Morgan fingerprint density at radius 1 is 1.00 bits per heavy atom. The lowest BCUT2D eigenvalue weighted by atomic mass is 10.4. The van der Waals surface area contributed by atoms with Crippen LogP contribution in [0.3, 0.4) is 0 Å². The Hall–Kier alpha value is -0.750. The van der Waals surface area contributed by atoms with Gasteiger partial charge in [-0.25, -0.2) is 4.98 Å². The summed E-state index contributed by atoms with van der Waals surface area (Å²) < 4.78 is -1.72. The van der Waals surface area contributed by atoms with E-state index in [0.717, 1.165) is 4.90 Å². The first-order valence-corrected chi connectivity index (χ1v) is 6.72. The van der Waals surface area contributed by atoms with Crippen LogP contribution in [-0.4, -0.2) is 15.0 Å². The van der Waals surface area contributed by atoms with Gasteiger partial charge in [0.25, 0.3) is 0 Å². The standard InChI is InChI=1S/C10H7Cl3N4S/c11-10(12,13)7-15-8(14)17-9(16-7)18-6-4-2-1-3-5-6/h1-5H,(H2,14,15,16,17). The molecule has 94 valence electrons. The molecule has 18 heavy (non-hydrogen) atoms. The van der Waals surface area contributed by atoms with Crippen LogP contribution in [0.4, 0.5) is 5.95 Å². The van der Waals surface area contributed by atoms with Gasteiger partial charge in [0, 0.05) is 4.90 Å². The molecule has 1 heterocycles. The maximum Gasteiger partial charge on any atom is 0.250 e. The van der Waals surface area contributed by atoms with Gasteiger partial charge in [-0.15, -0.1) is 0 Å². The molecule has 0 aliphatic heterocycles. The minimum Gasteiger partial charge on any atom is -0.368 e. The maximum absolute atomic E-state index is 5.72. The molecule has 2 rings (SSSR count). The molecule has 0 saturated carbocycles. The second-order valence-electron chi connectivity index (χ2n) is 3.21. The van der Waals surface area contributed by atoms with Gasteiger partial charge in [-0.05, 0) is 23.9 Å². The number of halogens is 3. The molecule has 8 heteroatoms. The van der Waals surface area contributed by atoms with Gasteiger partial charge in [0.05, 0.1) is 0 Å². The third-order valence-electron chi connectivity index (χ3n) is 1.84. The number of alkyl halides is 3. The molecular formula is C10H7Cl3N4S. The van der Waals surface area contributed by atoms with Crippen molar-refractivity contribution in [3.8, 4) is 0 Å². The Morgan fingerprint density at radius 2 is 1.67 bits per heavy atom. The highest BCUT2D eigenvalue weighted by molar-refractivity contribution is 7.99. The van der Waals surface area contributed by atoms with E-state index in [-0.39, 0.29) is 11.8 Å². The summed E-state index contributed by atoms with van der Waals surface area (Å²) in [4.78, 5) is 12.8. The zero-order chi connectivity index (χ0) is 13.2. The minimum atomic E-state index is -1.72. The fraction of sp³-hybridized carbons (Fsp3) is 0.100. The van der Waals surface area contributed by atoms with Crippen molar-refractivity contribution in [1.29, 1.82) is 0 Å². The maximum atomic E-state index is 5.72. The summed E-state index contributed by atoms with van der Waals surface area (Å²) in [6.45, 7) is 0. The number of nitrogens with two attached hydrogens (primary N) is 1. The number of nitrogen functional groups attached to an aromatic ring is 1. The first kappa shape index (κ1) is 13.7. The summed E-state index contributed by atoms with van der Waals surface area (Å²) >= 11 is 18.5. The molecule has 0 aliphatic carbocycles. The van der Waals surface area contributed by atoms with Crippen LogP contribution < -0.4 is 5.73 Å². The van der Waals surface area contributed by atoms with Crippen molar-refractivity contribution < 1.29 is 0 Å². The average Bonchev–Trinajstić information content (AvgIpc) is 2.28. The predicted molar refractivity (Wildman–Crippen MR) is 74.0 cm³/mol. The summed E-state index contributed by atoms with van der Waals surface area (Å²) in [6.07, 6.45) is 0. The normalized spacial score (nSPS) is 11.5. The van der Waals surface area contributed by atoms with E-state index >= 15 is 0 Å². The van der Waals surface area contributed by atoms with Crippen LogP contribution in [-0.2, 0) is 3.79 Å². The minimum absolute atomic E-state index is 0.0124. The molecular weight excluding hydrogens is 315 g/mol. The summed E-state index contributed by atoms with van der Waals surface area (Å²) in [6, 6.07) is 9.56. The molecule has 0 amide bonds. The van der Waals surface area contributed by atoms with Crippen molar-refractivity contribution >= 4 is 52.5 Å². The van der Waals surface area contributed by atoms with Crippen molar-refractivity contribution in [3.63, 3.8) is 0 Å². The zero-order valence-corrected chi connectivity index (χ0v) is 11.9. The van der Waals surface area contributed by atoms with E-state index < -0.39 is 3.79 Å². The van der Waals surface area contributed by atoms with Gasteiger partial charge in [-0.1, -0.05) is 53.0 Å². The number of nitrogens with zero attached hydrogens (tertiary/aromatic N) is 3. The molecule has 0 bridgehead atoms. The smallest absolute Gasteiger partial charge is 0.250 e. The van der Waals surface area contributed by atoms with Crippen LogP contribution in [0.25, 0.3) is 0 Å². The Kier molecular flexibility index (Phi) is 4.17. The van der Waals surface area contributed by atoms with Crippen molar-refractivity contribution in [2.75, 3.05) is 5.73 Å². The van der Waals surface area contributed by atoms with Gasteiger partial charge in [-0.2, -0.15) is 9.97 Å². The Bertz CT molecular complexity index is 545. The number of anilines is 1. The molecule has 0 aliphatic rings. The number of rotatable bonds is 2. The molecule has 2 aromatic rings. The second-order valence-corrected chi connectivity index (χ2v) is 6.53. The molecule has 0 spiro atoms. The lowest BCUT2D eigenvalue weighted by molar-refractivity contribution is 0.835. The van der Waals surface area contributed by atoms with Gasteiger partial charge < -0.3 is 5.73 Å². The number of hydrogen-bond donors (Lipinski definition) is 1. The number of hydrogen-bond acceptors (Lipinski definition) is 5. The molecule has 0 saturated heterocycles. The average molecular weight is 322 g/mol. The van der Waals surface area contributed by atoms with Crippen molar-refractivity contribution in [2.24, 2.45) is 0 Å². The van der Waals surface area contributed by atoms with Crippen LogP contribution in [0.2, 0.25) is 0 Å². The molecule has 2 N–H and O–H groups in total. The number of benzene rings is 1. The molecule has 4 nitrogen and oxygen atoms in total. The van der Waals surface area contributed by atoms with E-state index in [9.17, 15) is 0 Å². The lowest BCUT2D eigenvalue weighted by Crippen LogP contribution is -2.11. The predicted octanol–water partition coefficient (Wildman–Crippen LogP) is 3.43. The van der Waals surface area contributed by atoms with Gasteiger partial charge in [0.2, 0.25) is 9.74 Å². The van der Waals surface area contributed by atoms with E-state index in [1.165, 1.54) is 11.8 Å². The monoisotopic (exact) mass is 320 g/mol. The second kappa shape index (κ2) is 5.48. The molecule has 0 atom stereocenters. The fourth-order valence-corrected chi connectivity index (χ4v) is 2.17. The lowest BCUT2D eigenvalue weighted by Gasteiger charge is -2.10. The Morgan fingerprint density at radius 3 is 2.28 bits per heavy atom. The van der Waals surface area contributed by atoms with Gasteiger partial charge >= 0.3 is 0 Å². The first-order valence-electron chi connectivity index (χ1n) is 4.77. The van der Waals surface area contributed by atoms with Gasteiger partial charge in [0.1, 0.15) is 0 Å². The summed E-state index contributed by atoms with van der Waals surface area (Å²) in [5.41, 5.74) is 5.56. The molecule has 0 unspecified atom stereocenters. The SMILES string of the molecule is Nc1nc(Sc2ccccc2)nc(C(Cl)(Cl)Cl)n1. The van der Waals surface area contributed by atoms with Crippen LogP contribution in [0.15, 0.2) is 40.4 Å². The van der Waals surface area contributed by atoms with Crippen LogP contribution in [0.1, 0.15) is 5.82 Å². The largest absolute Gasteiger partial charge is 0.368 e. The highest BCUT2D eigenvalue weighted by Gasteiger charge is 2.28. The van der Waals surface area contributed by atoms with Crippen LogP contribution >= 0.6 is 46.6 Å². The molecule has 1 aromatic carbocycles. The van der Waals surface area contributed by atoms with Gasteiger partial charge in [-0.3, -0.25) is 0 Å². The zero-order valence-electron chi connectivity index (χ0n) is 8.85. The first-order chi connectivity index (χ1) is 8.45. The van der Waals surface area contributed by atoms with Crippen LogP contribution in [0, 0.1) is 0 Å². The quantitative estimate of drug-likeness (QED) is 0.858. The van der Waals surface area contributed by atoms with E-state index in [1.54, 1.807) is 0 Å². The highest BCUT2D eigenvalue weighted by Crippen LogP contribution is 2.37. The summed E-state index contributed by atoms with van der Waals surface area (Å²) in [5, 5.41) is 0.384. The molecule has 0 radical (unpaired) electrons. The van der Waals surface area contributed by atoms with Crippen molar-refractivity contribution in [2.45, 2.75) is 13.8 Å². The molecule has 0 fully saturated rings. The topological polar surface area (TPSA) is 64.7 Å². The molecule has 1 aromatic heterocycles. The third-order valence-corrected chi connectivity index (χ3v) is 3.22. The van der Waals surface area contributed by atoms with E-state index in [0.29, 0.717) is 5.16 Å². The van der Waals surface area contributed by atoms with E-state index in [4.69, 9.17) is 40.5 Å². The van der Waals surface area contributed by atoms with E-state index in [1.807, 2.05) is 30.3 Å². The Balaban J connectivity index is 2.32. The number of aromatic nitrogens is 3. The van der Waals surface area contributed by atoms with Crippen molar-refractivity contribution in [3.05, 3.63) is 36.2 Å². The van der Waals surface area contributed by atoms with Gasteiger partial charge in [0.15, 0.2) is 11.0 Å². The van der Waals surface area contributed by atoms with E-state index in [2.05, 4.69) is 15.0 Å². The van der Waals surface area contributed by atoms with Crippen molar-refractivity contribution in [1.82, 2.24) is 15.0 Å². The highest BCUT2D eigenvalue weighted by atomic mass is 35.6.